The average molecular weight is 346 g/mol. The van der Waals surface area contributed by atoms with Gasteiger partial charge in [-0.15, -0.1) is 0 Å². The molecule has 0 aliphatic rings. The van der Waals surface area contributed by atoms with E-state index in [1.165, 1.54) is 0 Å². The molecule has 0 saturated heterocycles. The highest BCUT2D eigenvalue weighted by Gasteiger charge is 2.08. The Labute approximate surface area is 132 Å². The van der Waals surface area contributed by atoms with Gasteiger partial charge in [0, 0.05) is 4.47 Å². The summed E-state index contributed by atoms with van der Waals surface area (Å²) in [5.41, 5.74) is 1.45. The van der Waals surface area contributed by atoms with Crippen LogP contribution in [-0.4, -0.2) is 12.1 Å². The minimum atomic E-state index is -0.817. The van der Waals surface area contributed by atoms with E-state index in [4.69, 9.17) is 21.0 Å². The molecule has 21 heavy (non-hydrogen) atoms. The number of benzene rings is 2. The number of hydrogen-bond acceptors (Lipinski definition) is 3. The van der Waals surface area contributed by atoms with Crippen molar-refractivity contribution in [2.75, 3.05) is 0 Å². The first-order valence-corrected chi connectivity index (χ1v) is 7.11. The standard InChI is InChI=1S/C15H13BBrNO3/c1-16(19)20-10-11-9-14(7-8-15(11)17)21-13-5-3-12(18-2)4-6-13/h3-9,19H,10H2,1H3. The molecule has 0 saturated carbocycles. The quantitative estimate of drug-likeness (QED) is 0.644. The molecule has 2 rings (SSSR count). The topological polar surface area (TPSA) is 43.0 Å². The van der Waals surface area contributed by atoms with Gasteiger partial charge >= 0.3 is 7.12 Å². The van der Waals surface area contributed by atoms with Gasteiger partial charge in [0.25, 0.3) is 0 Å². The van der Waals surface area contributed by atoms with Gasteiger partial charge < -0.3 is 14.4 Å². The van der Waals surface area contributed by atoms with Gasteiger partial charge in [-0.3, -0.25) is 0 Å². The van der Waals surface area contributed by atoms with E-state index >= 15 is 0 Å². The summed E-state index contributed by atoms with van der Waals surface area (Å²) >= 11 is 3.43. The summed E-state index contributed by atoms with van der Waals surface area (Å²) in [6, 6.07) is 12.5. The second-order valence-electron chi connectivity index (χ2n) is 4.37. The van der Waals surface area contributed by atoms with Crippen molar-refractivity contribution in [3.8, 4) is 11.5 Å². The predicted octanol–water partition coefficient (Wildman–Crippen LogP) is 4.42. The van der Waals surface area contributed by atoms with E-state index in [1.54, 1.807) is 31.1 Å². The van der Waals surface area contributed by atoms with Crippen LogP contribution in [0.5, 0.6) is 11.5 Å². The highest BCUT2D eigenvalue weighted by atomic mass is 79.9. The van der Waals surface area contributed by atoms with Crippen LogP contribution in [0.2, 0.25) is 6.82 Å². The summed E-state index contributed by atoms with van der Waals surface area (Å²) in [6.45, 7) is 8.76. The minimum Gasteiger partial charge on any atom is -0.457 e. The second-order valence-corrected chi connectivity index (χ2v) is 5.23. The van der Waals surface area contributed by atoms with Crippen LogP contribution in [0.15, 0.2) is 46.9 Å². The van der Waals surface area contributed by atoms with E-state index < -0.39 is 7.12 Å². The fourth-order valence-electron chi connectivity index (χ4n) is 1.66. The van der Waals surface area contributed by atoms with Gasteiger partial charge in [0.05, 0.1) is 13.2 Å². The molecule has 0 fully saturated rings. The SMILES string of the molecule is [C-]#[N+]c1ccc(Oc2ccc(Br)c(COB(C)O)c2)cc1. The molecule has 0 bridgehead atoms. The molecular formula is C15H13BBrNO3. The molecule has 0 aromatic heterocycles. The van der Waals surface area contributed by atoms with E-state index in [2.05, 4.69) is 20.8 Å². The summed E-state index contributed by atoms with van der Waals surface area (Å²) in [4.78, 5) is 3.33. The van der Waals surface area contributed by atoms with Crippen LogP contribution in [0.4, 0.5) is 5.69 Å². The number of hydrogen-bond donors (Lipinski definition) is 1. The van der Waals surface area contributed by atoms with E-state index in [-0.39, 0.29) is 6.61 Å². The van der Waals surface area contributed by atoms with Gasteiger partial charge in [-0.25, -0.2) is 4.85 Å². The molecule has 1 N–H and O–H groups in total. The molecule has 0 spiro atoms. The summed E-state index contributed by atoms with van der Waals surface area (Å²) < 4.78 is 11.8. The Hall–Kier alpha value is -1.81. The van der Waals surface area contributed by atoms with Crippen molar-refractivity contribution in [3.05, 3.63) is 63.9 Å². The van der Waals surface area contributed by atoms with Crippen LogP contribution in [0, 0.1) is 6.57 Å². The first-order chi connectivity index (χ1) is 10.1. The molecule has 6 heteroatoms. The monoisotopic (exact) mass is 345 g/mol. The normalized spacial score (nSPS) is 10.0. The molecule has 0 aliphatic heterocycles. The third-order valence-corrected chi connectivity index (χ3v) is 3.47. The van der Waals surface area contributed by atoms with Crippen LogP contribution in [0.1, 0.15) is 5.56 Å². The maximum atomic E-state index is 9.17. The highest BCUT2D eigenvalue weighted by Crippen LogP contribution is 2.28. The minimum absolute atomic E-state index is 0.284. The maximum absolute atomic E-state index is 9.17. The lowest BCUT2D eigenvalue weighted by Gasteiger charge is -2.10. The van der Waals surface area contributed by atoms with Gasteiger partial charge in [0.2, 0.25) is 0 Å². The van der Waals surface area contributed by atoms with Crippen molar-refractivity contribution in [1.29, 1.82) is 0 Å². The Balaban J connectivity index is 2.12. The molecule has 0 unspecified atom stereocenters. The van der Waals surface area contributed by atoms with Gasteiger partial charge in [-0.1, -0.05) is 28.1 Å². The highest BCUT2D eigenvalue weighted by molar-refractivity contribution is 9.10. The molecule has 4 nitrogen and oxygen atoms in total. The van der Waals surface area contributed by atoms with Crippen molar-refractivity contribution in [3.63, 3.8) is 0 Å². The summed E-state index contributed by atoms with van der Waals surface area (Å²) in [6.07, 6.45) is 0. The molecule has 106 valence electrons. The average Bonchev–Trinajstić information content (AvgIpc) is 2.48. The van der Waals surface area contributed by atoms with Gasteiger partial charge in [0.1, 0.15) is 11.5 Å². The molecular weight excluding hydrogens is 333 g/mol. The number of halogens is 1. The van der Waals surface area contributed by atoms with Crippen LogP contribution >= 0.6 is 15.9 Å². The molecule has 0 heterocycles. The Morgan fingerprint density at radius 3 is 2.48 bits per heavy atom. The zero-order valence-electron chi connectivity index (χ0n) is 11.4. The Kier molecular flexibility index (Phi) is 5.40. The van der Waals surface area contributed by atoms with Crippen molar-refractivity contribution in [2.45, 2.75) is 13.4 Å². The fraction of sp³-hybridized carbons (Fsp3) is 0.133. The third-order valence-electron chi connectivity index (χ3n) is 2.70. The summed E-state index contributed by atoms with van der Waals surface area (Å²) in [5, 5.41) is 9.17. The van der Waals surface area contributed by atoms with Crippen molar-refractivity contribution < 1.29 is 14.4 Å². The number of nitrogens with zero attached hydrogens (tertiary/aromatic N) is 1. The molecule has 0 amide bonds. The maximum Gasteiger partial charge on any atom is 0.451 e. The number of rotatable bonds is 5. The predicted molar refractivity (Wildman–Crippen MR) is 85.5 cm³/mol. The first-order valence-electron chi connectivity index (χ1n) is 6.32. The van der Waals surface area contributed by atoms with Gasteiger partial charge in [-0.2, -0.15) is 0 Å². The van der Waals surface area contributed by atoms with Crippen molar-refractivity contribution in [1.82, 2.24) is 0 Å². The molecule has 0 aliphatic carbocycles. The van der Waals surface area contributed by atoms with Crippen molar-refractivity contribution >= 4 is 28.7 Å². The lowest BCUT2D eigenvalue weighted by atomic mass is 9.97. The van der Waals surface area contributed by atoms with Crippen LogP contribution in [0.3, 0.4) is 0 Å². The van der Waals surface area contributed by atoms with Crippen molar-refractivity contribution in [2.24, 2.45) is 0 Å². The Morgan fingerprint density at radius 2 is 1.86 bits per heavy atom. The fourth-order valence-corrected chi connectivity index (χ4v) is 2.02. The van der Waals surface area contributed by atoms with Gasteiger partial charge in [0.15, 0.2) is 5.69 Å². The summed E-state index contributed by atoms with van der Waals surface area (Å²) in [5.74, 6) is 1.32. The zero-order chi connectivity index (χ0) is 15.2. The van der Waals surface area contributed by atoms with Crippen LogP contribution in [0.25, 0.3) is 4.85 Å². The molecule has 0 atom stereocenters. The van der Waals surface area contributed by atoms with E-state index in [9.17, 15) is 0 Å². The second kappa shape index (κ2) is 7.27. The van der Waals surface area contributed by atoms with Crippen LogP contribution < -0.4 is 4.74 Å². The Bertz CT molecular complexity index is 653. The largest absolute Gasteiger partial charge is 0.457 e. The molecule has 2 aromatic rings. The van der Waals surface area contributed by atoms with E-state index in [0.29, 0.717) is 17.2 Å². The van der Waals surface area contributed by atoms with Gasteiger partial charge in [-0.05, 0) is 42.7 Å². The zero-order valence-corrected chi connectivity index (χ0v) is 13.0. The van der Waals surface area contributed by atoms with Crippen LogP contribution in [-0.2, 0) is 11.3 Å². The Morgan fingerprint density at radius 1 is 1.19 bits per heavy atom. The lowest BCUT2D eigenvalue weighted by molar-refractivity contribution is 0.253. The summed E-state index contributed by atoms with van der Waals surface area (Å²) in [7, 11) is -0.817. The smallest absolute Gasteiger partial charge is 0.451 e. The molecule has 2 aromatic carbocycles. The first kappa shape index (κ1) is 15.6. The molecule has 0 radical (unpaired) electrons. The van der Waals surface area contributed by atoms with E-state index in [0.717, 1.165) is 10.0 Å². The third kappa shape index (κ3) is 4.60. The van der Waals surface area contributed by atoms with E-state index in [1.807, 2.05) is 18.2 Å². The lowest BCUT2D eigenvalue weighted by Crippen LogP contribution is -2.11. The number of ether oxygens (including phenoxy) is 1.